The van der Waals surface area contributed by atoms with Crippen molar-refractivity contribution in [3.63, 3.8) is 0 Å². The van der Waals surface area contributed by atoms with E-state index in [4.69, 9.17) is 4.74 Å². The average Bonchev–Trinajstić information content (AvgIpc) is 3.16. The van der Waals surface area contributed by atoms with Crippen molar-refractivity contribution in [1.29, 1.82) is 0 Å². The summed E-state index contributed by atoms with van der Waals surface area (Å²) in [5, 5.41) is 21.7. The van der Waals surface area contributed by atoms with Crippen molar-refractivity contribution in [2.75, 3.05) is 11.9 Å². The van der Waals surface area contributed by atoms with E-state index in [-0.39, 0.29) is 24.4 Å². The van der Waals surface area contributed by atoms with Crippen LogP contribution < -0.4 is 11.0 Å². The highest BCUT2D eigenvalue weighted by atomic mass is 16.5. The molecule has 2 aromatic rings. The van der Waals surface area contributed by atoms with Gasteiger partial charge >= 0.3 is 11.7 Å². The van der Waals surface area contributed by atoms with Gasteiger partial charge in [-0.2, -0.15) is 4.98 Å². The highest BCUT2D eigenvalue weighted by molar-refractivity contribution is 6.03. The molecule has 1 aliphatic rings. The van der Waals surface area contributed by atoms with Gasteiger partial charge < -0.3 is 25.1 Å². The third-order valence-corrected chi connectivity index (χ3v) is 5.22. The quantitative estimate of drug-likeness (QED) is 0.564. The van der Waals surface area contributed by atoms with Crippen LogP contribution in [0.15, 0.2) is 47.4 Å². The molecule has 0 spiro atoms. The zero-order valence-electron chi connectivity index (χ0n) is 16.8. The second kappa shape index (κ2) is 9.63. The number of ether oxygens (including phenoxy) is 1. The topological polar surface area (TPSA) is 148 Å². The number of ketones is 1. The van der Waals surface area contributed by atoms with Crippen LogP contribution in [-0.4, -0.2) is 50.1 Å². The van der Waals surface area contributed by atoms with Gasteiger partial charge in [-0.05, 0) is 31.5 Å². The van der Waals surface area contributed by atoms with Gasteiger partial charge in [-0.1, -0.05) is 18.2 Å². The Balaban J connectivity index is 1.77. The molecule has 2 heterocycles. The van der Waals surface area contributed by atoms with Gasteiger partial charge in [0.25, 0.3) is 5.91 Å². The number of rotatable bonds is 8. The van der Waals surface area contributed by atoms with E-state index in [2.05, 4.69) is 10.3 Å². The van der Waals surface area contributed by atoms with E-state index < -0.39 is 48.3 Å². The van der Waals surface area contributed by atoms with Gasteiger partial charge in [0.2, 0.25) is 0 Å². The number of carbonyl (C=O) groups is 3. The molecule has 0 radical (unpaired) electrons. The maximum absolute atomic E-state index is 12.5. The van der Waals surface area contributed by atoms with Gasteiger partial charge in [0.15, 0.2) is 0 Å². The lowest BCUT2D eigenvalue weighted by atomic mass is 9.83. The minimum absolute atomic E-state index is 0.0587. The van der Waals surface area contributed by atoms with E-state index in [1.165, 1.54) is 23.8 Å². The van der Waals surface area contributed by atoms with E-state index in [9.17, 15) is 29.4 Å². The normalized spacial score (nSPS) is 21.4. The molecule has 10 heteroatoms. The first kappa shape index (κ1) is 22.3. The highest BCUT2D eigenvalue weighted by Gasteiger charge is 2.43. The summed E-state index contributed by atoms with van der Waals surface area (Å²) in [5.74, 6) is -3.50. The molecule has 1 aromatic carbocycles. The number of aliphatic carboxylic acids is 1. The predicted octanol–water partition coefficient (Wildman–Crippen LogP) is 1.07. The first-order valence-electron chi connectivity index (χ1n) is 9.74. The van der Waals surface area contributed by atoms with E-state index in [1.54, 1.807) is 30.3 Å². The zero-order chi connectivity index (χ0) is 22.5. The maximum atomic E-state index is 12.5. The molecule has 10 nitrogen and oxygen atoms in total. The second-order valence-corrected chi connectivity index (χ2v) is 7.38. The Morgan fingerprint density at radius 3 is 2.55 bits per heavy atom. The van der Waals surface area contributed by atoms with Crippen LogP contribution in [0.2, 0.25) is 0 Å². The van der Waals surface area contributed by atoms with Crippen LogP contribution in [0.3, 0.4) is 0 Å². The summed E-state index contributed by atoms with van der Waals surface area (Å²) >= 11 is 0. The molecule has 0 bridgehead atoms. The summed E-state index contributed by atoms with van der Waals surface area (Å²) in [6, 6.07) is 9.87. The van der Waals surface area contributed by atoms with Gasteiger partial charge in [-0.25, -0.2) is 4.79 Å². The number of aromatic nitrogens is 2. The molecule has 1 amide bonds. The summed E-state index contributed by atoms with van der Waals surface area (Å²) in [7, 11) is 0. The van der Waals surface area contributed by atoms with Gasteiger partial charge in [-0.15, -0.1) is 0 Å². The third-order valence-electron chi connectivity index (χ3n) is 5.22. The Kier molecular flexibility index (Phi) is 6.93. The highest BCUT2D eigenvalue weighted by Crippen LogP contribution is 2.38. The molecular formula is C21H23N3O7. The molecule has 1 aliphatic heterocycles. The van der Waals surface area contributed by atoms with Crippen molar-refractivity contribution < 1.29 is 29.3 Å². The van der Waals surface area contributed by atoms with Crippen molar-refractivity contribution in [3.05, 3.63) is 58.6 Å². The Morgan fingerprint density at radius 1 is 1.26 bits per heavy atom. The number of hydrogen-bond acceptors (Lipinski definition) is 7. The van der Waals surface area contributed by atoms with Crippen molar-refractivity contribution in [2.24, 2.45) is 11.8 Å². The number of carboxylic acids is 1. The summed E-state index contributed by atoms with van der Waals surface area (Å²) in [6.45, 7) is 0.851. The van der Waals surface area contributed by atoms with Crippen LogP contribution in [0.1, 0.15) is 36.4 Å². The Hall–Kier alpha value is -3.37. The second-order valence-electron chi connectivity index (χ2n) is 7.38. The predicted molar refractivity (Wildman–Crippen MR) is 108 cm³/mol. The number of carboxylic acid groups (broad SMARTS) is 1. The van der Waals surface area contributed by atoms with E-state index >= 15 is 0 Å². The minimum Gasteiger partial charge on any atom is -0.481 e. The average molecular weight is 429 g/mol. The number of Topliss-reactive ketones (excluding diaryl/α,β-unsaturated/α-hetero) is 1. The van der Waals surface area contributed by atoms with Crippen molar-refractivity contribution in [1.82, 2.24) is 9.55 Å². The summed E-state index contributed by atoms with van der Waals surface area (Å²) in [4.78, 5) is 51.7. The molecular weight excluding hydrogens is 406 g/mol. The number of aliphatic hydroxyl groups excluding tert-OH is 1. The van der Waals surface area contributed by atoms with Crippen molar-refractivity contribution in [2.45, 2.75) is 32.1 Å². The van der Waals surface area contributed by atoms with Crippen LogP contribution in [0.25, 0.3) is 0 Å². The maximum Gasteiger partial charge on any atom is 0.351 e. The van der Waals surface area contributed by atoms with E-state index in [1.807, 2.05) is 0 Å². The monoisotopic (exact) mass is 429 g/mol. The van der Waals surface area contributed by atoms with E-state index in [0.29, 0.717) is 5.56 Å². The first-order chi connectivity index (χ1) is 14.8. The standard InChI is InChI=1S/C21H23N3O7/c1-12(26)9-15(20(28)29)14-10-18(31-16(14)11-25)24-8-7-17(23-21(24)30)22-19(27)13-5-3-2-4-6-13/h2-8,14-16,18,25H,9-11H2,1H3,(H,28,29)(H,22,23,27,30)/t14-,15?,16-,18+/m0/s1. The number of nitrogens with zero attached hydrogens (tertiary/aromatic N) is 2. The van der Waals surface area contributed by atoms with Gasteiger partial charge in [0, 0.05) is 24.1 Å². The van der Waals surface area contributed by atoms with Crippen molar-refractivity contribution >= 4 is 23.5 Å². The summed E-state index contributed by atoms with van der Waals surface area (Å²) < 4.78 is 6.88. The molecule has 3 N–H and O–H groups in total. The van der Waals surface area contributed by atoms with Crippen molar-refractivity contribution in [3.8, 4) is 0 Å². The molecule has 31 heavy (non-hydrogen) atoms. The number of aliphatic hydroxyl groups is 1. The Labute approximate surface area is 177 Å². The number of nitrogens with one attached hydrogen (secondary N) is 1. The fourth-order valence-electron chi connectivity index (χ4n) is 3.73. The Bertz CT molecular complexity index is 1020. The third kappa shape index (κ3) is 5.22. The Morgan fingerprint density at radius 2 is 1.97 bits per heavy atom. The largest absolute Gasteiger partial charge is 0.481 e. The van der Waals surface area contributed by atoms with Crippen LogP contribution >= 0.6 is 0 Å². The fourth-order valence-corrected chi connectivity index (χ4v) is 3.73. The molecule has 0 aliphatic carbocycles. The van der Waals surface area contributed by atoms with Gasteiger partial charge in [-0.3, -0.25) is 14.2 Å². The fraction of sp³-hybridized carbons (Fsp3) is 0.381. The SMILES string of the molecule is CC(=O)CC(C(=O)O)[C@@H]1C[C@H](n2ccc(NC(=O)c3ccccc3)nc2=O)O[C@H]1CO. The molecule has 164 valence electrons. The zero-order valence-corrected chi connectivity index (χ0v) is 16.8. The van der Waals surface area contributed by atoms with Crippen LogP contribution in [0.4, 0.5) is 5.82 Å². The van der Waals surface area contributed by atoms with Crippen LogP contribution in [0.5, 0.6) is 0 Å². The lowest BCUT2D eigenvalue weighted by Gasteiger charge is -2.21. The molecule has 1 fully saturated rings. The smallest absolute Gasteiger partial charge is 0.351 e. The van der Waals surface area contributed by atoms with Gasteiger partial charge in [0.05, 0.1) is 18.6 Å². The molecule has 1 aromatic heterocycles. The van der Waals surface area contributed by atoms with Crippen LogP contribution in [0, 0.1) is 11.8 Å². The van der Waals surface area contributed by atoms with E-state index in [0.717, 1.165) is 0 Å². The molecule has 0 saturated carbocycles. The van der Waals surface area contributed by atoms with Gasteiger partial charge in [0.1, 0.15) is 17.8 Å². The molecule has 3 rings (SSSR count). The number of carbonyl (C=O) groups excluding carboxylic acids is 2. The molecule has 1 saturated heterocycles. The lowest BCUT2D eigenvalue weighted by molar-refractivity contribution is -0.147. The first-order valence-corrected chi connectivity index (χ1v) is 9.74. The number of anilines is 1. The van der Waals surface area contributed by atoms with Crippen LogP contribution in [-0.2, 0) is 14.3 Å². The summed E-state index contributed by atoms with van der Waals surface area (Å²) in [6.07, 6.45) is -0.376. The molecule has 1 unspecified atom stereocenters. The lowest BCUT2D eigenvalue weighted by Crippen LogP contribution is -2.33. The number of benzene rings is 1. The summed E-state index contributed by atoms with van der Waals surface area (Å²) in [5.41, 5.74) is -0.293. The number of amides is 1. The molecule has 4 atom stereocenters. The number of hydrogen-bond donors (Lipinski definition) is 3. The minimum atomic E-state index is -1.16.